The Hall–Kier alpha value is -1.75. The van der Waals surface area contributed by atoms with Crippen LogP contribution in [0.2, 0.25) is 0 Å². The van der Waals surface area contributed by atoms with Crippen molar-refractivity contribution in [1.82, 2.24) is 5.32 Å². The van der Waals surface area contributed by atoms with Crippen LogP contribution in [-0.4, -0.2) is 0 Å². The summed E-state index contributed by atoms with van der Waals surface area (Å²) < 4.78 is 0. The standard InChI is InChI=1S/C12H14N2.2C2H6/c1-9(2)14-8-12-6-4-5-11(7-13)10(12)3;2*1-2/h4-6,14H,1,8H2,2-3H3;2*1-2H3. The Morgan fingerprint density at radius 3 is 2.28 bits per heavy atom. The minimum absolute atomic E-state index is 0.733. The van der Waals surface area contributed by atoms with E-state index >= 15 is 0 Å². The molecule has 1 aromatic rings. The van der Waals surface area contributed by atoms with Gasteiger partial charge >= 0.3 is 0 Å². The topological polar surface area (TPSA) is 35.8 Å². The summed E-state index contributed by atoms with van der Waals surface area (Å²) >= 11 is 0. The first kappa shape index (κ1) is 18.6. The molecule has 0 unspecified atom stereocenters. The second-order valence-corrected chi connectivity index (χ2v) is 3.34. The largest absolute Gasteiger partial charge is 0.385 e. The minimum Gasteiger partial charge on any atom is -0.385 e. The van der Waals surface area contributed by atoms with Gasteiger partial charge in [-0.05, 0) is 31.0 Å². The van der Waals surface area contributed by atoms with E-state index in [0.29, 0.717) is 0 Å². The molecule has 0 amide bonds. The lowest BCUT2D eigenvalue weighted by Gasteiger charge is -2.09. The number of allylic oxidation sites excluding steroid dienone is 1. The molecular weight excluding hydrogens is 220 g/mol. The zero-order chi connectivity index (χ0) is 14.6. The first-order chi connectivity index (χ1) is 8.65. The van der Waals surface area contributed by atoms with E-state index in [9.17, 15) is 0 Å². The lowest BCUT2D eigenvalue weighted by molar-refractivity contribution is 0.810. The Morgan fingerprint density at radius 2 is 1.83 bits per heavy atom. The molecular formula is C16H26N2. The van der Waals surface area contributed by atoms with Gasteiger partial charge < -0.3 is 5.32 Å². The summed E-state index contributed by atoms with van der Waals surface area (Å²) in [6.45, 7) is 16.4. The third-order valence-electron chi connectivity index (χ3n) is 2.15. The predicted octanol–water partition coefficient (Wildman–Crippen LogP) is 4.54. The van der Waals surface area contributed by atoms with E-state index in [1.807, 2.05) is 59.7 Å². The van der Waals surface area contributed by atoms with Crippen LogP contribution in [-0.2, 0) is 6.54 Å². The maximum absolute atomic E-state index is 8.83. The first-order valence-corrected chi connectivity index (χ1v) is 6.53. The zero-order valence-corrected chi connectivity index (χ0v) is 12.6. The molecule has 0 aliphatic heterocycles. The summed E-state index contributed by atoms with van der Waals surface area (Å²) in [7, 11) is 0. The highest BCUT2D eigenvalue weighted by atomic mass is 14.9. The molecule has 0 aromatic heterocycles. The lowest BCUT2D eigenvalue weighted by Crippen LogP contribution is -2.10. The van der Waals surface area contributed by atoms with E-state index in [4.69, 9.17) is 5.26 Å². The van der Waals surface area contributed by atoms with Gasteiger partial charge in [-0.2, -0.15) is 5.26 Å². The van der Waals surface area contributed by atoms with Crippen LogP contribution < -0.4 is 5.32 Å². The normalized spacial score (nSPS) is 7.83. The van der Waals surface area contributed by atoms with Crippen LogP contribution in [0.15, 0.2) is 30.5 Å². The van der Waals surface area contributed by atoms with Gasteiger partial charge in [0.2, 0.25) is 0 Å². The van der Waals surface area contributed by atoms with E-state index in [0.717, 1.165) is 28.9 Å². The van der Waals surface area contributed by atoms with E-state index in [-0.39, 0.29) is 0 Å². The molecule has 0 saturated heterocycles. The highest BCUT2D eigenvalue weighted by Crippen LogP contribution is 2.12. The number of nitrogens with zero attached hydrogens (tertiary/aromatic N) is 1. The molecule has 0 saturated carbocycles. The fraction of sp³-hybridized carbons (Fsp3) is 0.438. The third kappa shape index (κ3) is 6.75. The van der Waals surface area contributed by atoms with Gasteiger partial charge in [0.25, 0.3) is 0 Å². The van der Waals surface area contributed by atoms with Crippen LogP contribution in [0.25, 0.3) is 0 Å². The van der Waals surface area contributed by atoms with Gasteiger partial charge in [0.15, 0.2) is 0 Å². The van der Waals surface area contributed by atoms with Crippen molar-refractivity contribution in [3.63, 3.8) is 0 Å². The number of rotatable bonds is 3. The number of benzene rings is 1. The fourth-order valence-corrected chi connectivity index (χ4v) is 1.24. The number of hydrogen-bond donors (Lipinski definition) is 1. The molecule has 2 nitrogen and oxygen atoms in total. The number of nitriles is 1. The summed E-state index contributed by atoms with van der Waals surface area (Å²) in [6.07, 6.45) is 0. The smallest absolute Gasteiger partial charge is 0.0994 e. The Morgan fingerprint density at radius 1 is 1.28 bits per heavy atom. The van der Waals surface area contributed by atoms with Gasteiger partial charge in [-0.3, -0.25) is 0 Å². The second-order valence-electron chi connectivity index (χ2n) is 3.34. The van der Waals surface area contributed by atoms with Gasteiger partial charge in [0.05, 0.1) is 11.6 Å². The van der Waals surface area contributed by atoms with Crippen LogP contribution in [0.4, 0.5) is 0 Å². The van der Waals surface area contributed by atoms with Crippen molar-refractivity contribution in [3.05, 3.63) is 47.2 Å². The molecule has 1 N–H and O–H groups in total. The third-order valence-corrected chi connectivity index (χ3v) is 2.15. The molecule has 0 atom stereocenters. The Bertz CT molecular complexity index is 387. The average Bonchev–Trinajstić information content (AvgIpc) is 2.42. The molecule has 0 heterocycles. The van der Waals surface area contributed by atoms with Crippen molar-refractivity contribution in [2.45, 2.75) is 48.1 Å². The molecule has 0 radical (unpaired) electrons. The van der Waals surface area contributed by atoms with E-state index in [1.165, 1.54) is 0 Å². The van der Waals surface area contributed by atoms with Crippen LogP contribution in [0.3, 0.4) is 0 Å². The minimum atomic E-state index is 0.733. The van der Waals surface area contributed by atoms with Gasteiger partial charge in [0, 0.05) is 12.2 Å². The number of hydrogen-bond acceptors (Lipinski definition) is 2. The molecule has 0 aliphatic carbocycles. The Kier molecular flexibility index (Phi) is 12.1. The summed E-state index contributed by atoms with van der Waals surface area (Å²) in [5.74, 6) is 0. The molecule has 100 valence electrons. The SMILES string of the molecule is C=C(C)NCc1cccc(C#N)c1C.CC.CC. The predicted molar refractivity (Wildman–Crippen MR) is 80.2 cm³/mol. The lowest BCUT2D eigenvalue weighted by atomic mass is 10.0. The fourth-order valence-electron chi connectivity index (χ4n) is 1.24. The van der Waals surface area contributed by atoms with Gasteiger partial charge in [-0.25, -0.2) is 0 Å². The molecule has 0 aliphatic rings. The second kappa shape index (κ2) is 11.7. The summed E-state index contributed by atoms with van der Waals surface area (Å²) in [5.41, 5.74) is 3.87. The van der Waals surface area contributed by atoms with Crippen molar-refractivity contribution >= 4 is 0 Å². The summed E-state index contributed by atoms with van der Waals surface area (Å²) in [4.78, 5) is 0. The zero-order valence-electron chi connectivity index (χ0n) is 12.6. The van der Waals surface area contributed by atoms with Crippen LogP contribution >= 0.6 is 0 Å². The van der Waals surface area contributed by atoms with Crippen molar-refractivity contribution in [1.29, 1.82) is 5.26 Å². The number of nitrogens with one attached hydrogen (secondary N) is 1. The molecule has 0 bridgehead atoms. The van der Waals surface area contributed by atoms with Crippen LogP contribution in [0, 0.1) is 18.3 Å². The van der Waals surface area contributed by atoms with Gasteiger partial charge in [0.1, 0.15) is 0 Å². The van der Waals surface area contributed by atoms with Crippen molar-refractivity contribution < 1.29 is 0 Å². The molecule has 18 heavy (non-hydrogen) atoms. The molecule has 1 aromatic carbocycles. The van der Waals surface area contributed by atoms with Crippen LogP contribution in [0.1, 0.15) is 51.3 Å². The van der Waals surface area contributed by atoms with E-state index in [2.05, 4.69) is 18.0 Å². The maximum Gasteiger partial charge on any atom is 0.0994 e. The Balaban J connectivity index is 0. The van der Waals surface area contributed by atoms with E-state index in [1.54, 1.807) is 0 Å². The van der Waals surface area contributed by atoms with Gasteiger partial charge in [-0.15, -0.1) is 0 Å². The van der Waals surface area contributed by atoms with E-state index < -0.39 is 0 Å². The van der Waals surface area contributed by atoms with Gasteiger partial charge in [-0.1, -0.05) is 46.4 Å². The average molecular weight is 246 g/mol. The highest BCUT2D eigenvalue weighted by molar-refractivity contribution is 5.41. The monoisotopic (exact) mass is 246 g/mol. The van der Waals surface area contributed by atoms with Crippen LogP contribution in [0.5, 0.6) is 0 Å². The quantitative estimate of drug-likeness (QED) is 0.849. The van der Waals surface area contributed by atoms with Crippen molar-refractivity contribution in [2.24, 2.45) is 0 Å². The summed E-state index contributed by atoms with van der Waals surface area (Å²) in [5, 5.41) is 12.0. The van der Waals surface area contributed by atoms with Crippen molar-refractivity contribution in [3.8, 4) is 6.07 Å². The molecule has 1 rings (SSSR count). The maximum atomic E-state index is 8.83. The van der Waals surface area contributed by atoms with Crippen molar-refractivity contribution in [2.75, 3.05) is 0 Å². The highest BCUT2D eigenvalue weighted by Gasteiger charge is 2.02. The first-order valence-electron chi connectivity index (χ1n) is 6.53. The molecule has 0 spiro atoms. The molecule has 2 heteroatoms. The Labute approximate surface area is 112 Å². The molecule has 0 fully saturated rings. The summed E-state index contributed by atoms with van der Waals surface area (Å²) in [6, 6.07) is 7.93.